The summed E-state index contributed by atoms with van der Waals surface area (Å²) in [6, 6.07) is 15.2. The van der Waals surface area contributed by atoms with E-state index in [1.54, 1.807) is 24.3 Å². The van der Waals surface area contributed by atoms with E-state index < -0.39 is 0 Å². The molecule has 1 aliphatic heterocycles. The summed E-state index contributed by atoms with van der Waals surface area (Å²) < 4.78 is 0. The Morgan fingerprint density at radius 2 is 1.77 bits per heavy atom. The number of para-hydroxylation sites is 1. The standard InChI is InChI=1S/C18H18N2O2/c1-12-11-15-5-3-4-6-17(15)20(12)18(22)14-7-9-16(10-8-14)19-13(2)21/h3-10,12H,11H2,1-2H3,(H,19,21)/t12-/m0/s1. The largest absolute Gasteiger partial charge is 0.326 e. The third-order valence-electron chi connectivity index (χ3n) is 3.88. The van der Waals surface area contributed by atoms with Crippen molar-refractivity contribution in [1.29, 1.82) is 0 Å². The van der Waals surface area contributed by atoms with Gasteiger partial charge < -0.3 is 10.2 Å². The lowest BCUT2D eigenvalue weighted by molar-refractivity contribution is -0.114. The third-order valence-corrected chi connectivity index (χ3v) is 3.88. The van der Waals surface area contributed by atoms with Crippen molar-refractivity contribution in [3.05, 3.63) is 59.7 Å². The zero-order valence-electron chi connectivity index (χ0n) is 12.7. The van der Waals surface area contributed by atoms with Crippen molar-refractivity contribution >= 4 is 23.2 Å². The van der Waals surface area contributed by atoms with Gasteiger partial charge in [-0.25, -0.2) is 0 Å². The van der Waals surface area contributed by atoms with Crippen molar-refractivity contribution in [3.63, 3.8) is 0 Å². The Hall–Kier alpha value is -2.62. The number of amides is 2. The molecule has 0 radical (unpaired) electrons. The van der Waals surface area contributed by atoms with E-state index in [0.717, 1.165) is 12.1 Å². The molecule has 0 unspecified atom stereocenters. The summed E-state index contributed by atoms with van der Waals surface area (Å²) in [4.78, 5) is 25.7. The molecule has 22 heavy (non-hydrogen) atoms. The second-order valence-electron chi connectivity index (χ2n) is 5.62. The molecule has 2 aromatic carbocycles. The first-order valence-corrected chi connectivity index (χ1v) is 7.35. The second kappa shape index (κ2) is 5.64. The normalized spacial score (nSPS) is 16.3. The Labute approximate surface area is 129 Å². The molecule has 1 aliphatic rings. The number of hydrogen-bond acceptors (Lipinski definition) is 2. The molecule has 0 aliphatic carbocycles. The summed E-state index contributed by atoms with van der Waals surface area (Å²) >= 11 is 0. The Balaban J connectivity index is 1.86. The molecule has 0 spiro atoms. The van der Waals surface area contributed by atoms with Gasteiger partial charge in [-0.1, -0.05) is 18.2 Å². The zero-order chi connectivity index (χ0) is 15.7. The predicted octanol–water partition coefficient (Wildman–Crippen LogP) is 3.24. The summed E-state index contributed by atoms with van der Waals surface area (Å²) in [5.74, 6) is -0.131. The minimum absolute atomic E-state index is 0.00757. The van der Waals surface area contributed by atoms with Crippen LogP contribution in [0.5, 0.6) is 0 Å². The van der Waals surface area contributed by atoms with Crippen LogP contribution < -0.4 is 10.2 Å². The van der Waals surface area contributed by atoms with Gasteiger partial charge in [-0.3, -0.25) is 9.59 Å². The smallest absolute Gasteiger partial charge is 0.258 e. The van der Waals surface area contributed by atoms with E-state index in [1.807, 2.05) is 23.1 Å². The van der Waals surface area contributed by atoms with E-state index >= 15 is 0 Å². The molecule has 1 heterocycles. The lowest BCUT2D eigenvalue weighted by Crippen LogP contribution is -2.35. The van der Waals surface area contributed by atoms with Crippen LogP contribution in [0.25, 0.3) is 0 Å². The highest BCUT2D eigenvalue weighted by molar-refractivity contribution is 6.08. The molecule has 0 aromatic heterocycles. The van der Waals surface area contributed by atoms with Gasteiger partial charge in [0.1, 0.15) is 0 Å². The van der Waals surface area contributed by atoms with Gasteiger partial charge in [0.25, 0.3) is 5.91 Å². The van der Waals surface area contributed by atoms with E-state index in [1.165, 1.54) is 12.5 Å². The maximum Gasteiger partial charge on any atom is 0.258 e. The average Bonchev–Trinajstić information content (AvgIpc) is 2.82. The highest BCUT2D eigenvalue weighted by Gasteiger charge is 2.31. The molecule has 0 saturated heterocycles. The third kappa shape index (κ3) is 2.60. The van der Waals surface area contributed by atoms with Gasteiger partial charge in [0.05, 0.1) is 0 Å². The fraction of sp³-hybridized carbons (Fsp3) is 0.222. The molecule has 3 rings (SSSR count). The average molecular weight is 294 g/mol. The monoisotopic (exact) mass is 294 g/mol. The van der Waals surface area contributed by atoms with Gasteiger partial charge in [0.2, 0.25) is 5.91 Å². The molecule has 0 bridgehead atoms. The summed E-state index contributed by atoms with van der Waals surface area (Å²) in [6.07, 6.45) is 0.881. The van der Waals surface area contributed by atoms with Crippen molar-refractivity contribution in [1.82, 2.24) is 0 Å². The number of nitrogens with one attached hydrogen (secondary N) is 1. The van der Waals surface area contributed by atoms with Gasteiger partial charge in [-0.2, -0.15) is 0 Å². The van der Waals surface area contributed by atoms with E-state index in [-0.39, 0.29) is 17.9 Å². The summed E-state index contributed by atoms with van der Waals surface area (Å²) in [7, 11) is 0. The van der Waals surface area contributed by atoms with Crippen molar-refractivity contribution in [3.8, 4) is 0 Å². The van der Waals surface area contributed by atoms with Crippen LogP contribution >= 0.6 is 0 Å². The maximum atomic E-state index is 12.8. The van der Waals surface area contributed by atoms with Crippen molar-refractivity contribution in [2.45, 2.75) is 26.3 Å². The molecule has 0 saturated carbocycles. The van der Waals surface area contributed by atoms with E-state index in [4.69, 9.17) is 0 Å². The van der Waals surface area contributed by atoms with Gasteiger partial charge >= 0.3 is 0 Å². The topological polar surface area (TPSA) is 49.4 Å². The van der Waals surface area contributed by atoms with Crippen LogP contribution in [-0.2, 0) is 11.2 Å². The number of anilines is 2. The van der Waals surface area contributed by atoms with Gasteiger partial charge in [-0.05, 0) is 49.2 Å². The van der Waals surface area contributed by atoms with Crippen LogP contribution in [0.3, 0.4) is 0 Å². The predicted molar refractivity (Wildman–Crippen MR) is 87.2 cm³/mol. The molecule has 1 atom stereocenters. The highest BCUT2D eigenvalue weighted by Crippen LogP contribution is 2.33. The van der Waals surface area contributed by atoms with Gasteiger partial charge in [0, 0.05) is 29.9 Å². The van der Waals surface area contributed by atoms with Crippen LogP contribution in [0.2, 0.25) is 0 Å². The lowest BCUT2D eigenvalue weighted by atomic mass is 10.1. The van der Waals surface area contributed by atoms with Crippen molar-refractivity contribution in [2.75, 3.05) is 10.2 Å². The number of fused-ring (bicyclic) bond motifs is 1. The first kappa shape index (κ1) is 14.3. The Kier molecular flexibility index (Phi) is 3.67. The van der Waals surface area contributed by atoms with Crippen LogP contribution in [0.15, 0.2) is 48.5 Å². The molecule has 2 amide bonds. The molecule has 0 fully saturated rings. The van der Waals surface area contributed by atoms with Crippen molar-refractivity contribution < 1.29 is 9.59 Å². The van der Waals surface area contributed by atoms with Crippen LogP contribution in [0.1, 0.15) is 29.8 Å². The molecule has 112 valence electrons. The van der Waals surface area contributed by atoms with E-state index in [2.05, 4.69) is 18.3 Å². The number of hydrogen-bond donors (Lipinski definition) is 1. The van der Waals surface area contributed by atoms with Crippen LogP contribution in [0.4, 0.5) is 11.4 Å². The fourth-order valence-electron chi connectivity index (χ4n) is 2.91. The molecular formula is C18H18N2O2. The Bertz CT molecular complexity index is 722. The van der Waals surface area contributed by atoms with Crippen LogP contribution in [-0.4, -0.2) is 17.9 Å². The molecule has 2 aromatic rings. The summed E-state index contributed by atoms with van der Waals surface area (Å²) in [5, 5.41) is 2.70. The second-order valence-corrected chi connectivity index (χ2v) is 5.62. The minimum atomic E-state index is -0.124. The Morgan fingerprint density at radius 3 is 2.45 bits per heavy atom. The van der Waals surface area contributed by atoms with Gasteiger partial charge in [0.15, 0.2) is 0 Å². The van der Waals surface area contributed by atoms with E-state index in [0.29, 0.717) is 11.3 Å². The molecule has 4 nitrogen and oxygen atoms in total. The van der Waals surface area contributed by atoms with E-state index in [9.17, 15) is 9.59 Å². The quantitative estimate of drug-likeness (QED) is 0.924. The number of benzene rings is 2. The zero-order valence-corrected chi connectivity index (χ0v) is 12.7. The SMILES string of the molecule is CC(=O)Nc1ccc(C(=O)N2c3ccccc3C[C@@H]2C)cc1. The number of carbonyl (C=O) groups is 2. The fourth-order valence-corrected chi connectivity index (χ4v) is 2.91. The molecular weight excluding hydrogens is 276 g/mol. The summed E-state index contributed by atoms with van der Waals surface area (Å²) in [5.41, 5.74) is 3.51. The van der Waals surface area contributed by atoms with Gasteiger partial charge in [-0.15, -0.1) is 0 Å². The first-order valence-electron chi connectivity index (χ1n) is 7.35. The maximum absolute atomic E-state index is 12.8. The first-order chi connectivity index (χ1) is 10.6. The summed E-state index contributed by atoms with van der Waals surface area (Å²) in [6.45, 7) is 3.52. The number of carbonyl (C=O) groups excluding carboxylic acids is 2. The van der Waals surface area contributed by atoms with Crippen LogP contribution in [0, 0.1) is 0 Å². The highest BCUT2D eigenvalue weighted by atomic mass is 16.2. The molecule has 1 N–H and O–H groups in total. The lowest BCUT2D eigenvalue weighted by Gasteiger charge is -2.23. The molecule has 4 heteroatoms. The number of nitrogens with zero attached hydrogens (tertiary/aromatic N) is 1. The Morgan fingerprint density at radius 1 is 1.09 bits per heavy atom. The minimum Gasteiger partial charge on any atom is -0.326 e. The van der Waals surface area contributed by atoms with Crippen molar-refractivity contribution in [2.24, 2.45) is 0 Å². The number of rotatable bonds is 2.